The molecule has 6 heteroatoms. The van der Waals surface area contributed by atoms with Crippen LogP contribution in [0.5, 0.6) is 0 Å². The Labute approximate surface area is 132 Å². The van der Waals surface area contributed by atoms with Crippen molar-refractivity contribution in [1.29, 1.82) is 0 Å². The molecule has 1 unspecified atom stereocenters. The molecule has 3 rings (SSSR count). The quantitative estimate of drug-likeness (QED) is 0.885. The first-order valence-corrected chi connectivity index (χ1v) is 7.36. The number of amides is 1. The van der Waals surface area contributed by atoms with Crippen molar-refractivity contribution in [3.05, 3.63) is 58.9 Å². The molecule has 0 aliphatic carbocycles. The predicted octanol–water partition coefficient (Wildman–Crippen LogP) is 2.55. The molecule has 1 aliphatic heterocycles. The zero-order chi connectivity index (χ0) is 15.7. The minimum atomic E-state index is -1.12. The molecule has 1 atom stereocenters. The minimum Gasteiger partial charge on any atom is -0.481 e. The van der Waals surface area contributed by atoms with Crippen molar-refractivity contribution in [2.75, 3.05) is 6.54 Å². The summed E-state index contributed by atoms with van der Waals surface area (Å²) in [4.78, 5) is 24.8. The van der Waals surface area contributed by atoms with E-state index in [1.54, 1.807) is 11.0 Å². The van der Waals surface area contributed by atoms with Gasteiger partial charge in [0.1, 0.15) is 6.42 Å². The lowest BCUT2D eigenvalue weighted by Crippen LogP contribution is -2.43. The highest BCUT2D eigenvalue weighted by atomic mass is 35.5. The second kappa shape index (κ2) is 5.85. The first kappa shape index (κ1) is 14.7. The Balaban J connectivity index is 2.05. The van der Waals surface area contributed by atoms with Gasteiger partial charge in [0, 0.05) is 30.0 Å². The number of carboxylic acids is 1. The van der Waals surface area contributed by atoms with Gasteiger partial charge in [-0.05, 0) is 23.8 Å². The number of aliphatic carboxylic acids is 1. The molecule has 22 heavy (non-hydrogen) atoms. The van der Waals surface area contributed by atoms with E-state index >= 15 is 0 Å². The molecular formula is C16H15ClN2O3. The van der Waals surface area contributed by atoms with E-state index < -0.39 is 18.3 Å². The number of carbonyl (C=O) groups is 2. The van der Waals surface area contributed by atoms with Crippen molar-refractivity contribution in [1.82, 2.24) is 9.47 Å². The molecule has 0 saturated carbocycles. The van der Waals surface area contributed by atoms with Crippen LogP contribution in [0.1, 0.15) is 23.7 Å². The molecule has 2 aromatic rings. The van der Waals surface area contributed by atoms with Crippen LogP contribution in [0.3, 0.4) is 0 Å². The van der Waals surface area contributed by atoms with E-state index in [2.05, 4.69) is 4.57 Å². The number of carbonyl (C=O) groups excluding carboxylic acids is 1. The van der Waals surface area contributed by atoms with Gasteiger partial charge in [0.05, 0.1) is 6.04 Å². The van der Waals surface area contributed by atoms with E-state index in [9.17, 15) is 9.59 Å². The van der Waals surface area contributed by atoms with Gasteiger partial charge in [-0.1, -0.05) is 29.8 Å². The number of carboxylic acid groups (broad SMARTS) is 1. The Hall–Kier alpha value is -2.27. The van der Waals surface area contributed by atoms with Crippen LogP contribution in [-0.2, 0) is 16.1 Å². The average molecular weight is 319 g/mol. The summed E-state index contributed by atoms with van der Waals surface area (Å²) in [5, 5.41) is 9.47. The zero-order valence-electron chi connectivity index (χ0n) is 11.8. The maximum absolute atomic E-state index is 12.3. The molecule has 114 valence electrons. The summed E-state index contributed by atoms with van der Waals surface area (Å²) in [6.45, 7) is 1.11. The lowest BCUT2D eigenvalue weighted by Gasteiger charge is -2.37. The number of hydrogen-bond acceptors (Lipinski definition) is 2. The van der Waals surface area contributed by atoms with E-state index in [1.165, 1.54) is 0 Å². The fraction of sp³-hybridized carbons (Fsp3) is 0.250. The van der Waals surface area contributed by atoms with Gasteiger partial charge >= 0.3 is 5.97 Å². The molecule has 0 saturated heterocycles. The number of rotatable bonds is 3. The normalized spacial score (nSPS) is 17.1. The van der Waals surface area contributed by atoms with Gasteiger partial charge < -0.3 is 14.6 Å². The van der Waals surface area contributed by atoms with Crippen molar-refractivity contribution in [3.63, 3.8) is 0 Å². The third kappa shape index (κ3) is 2.60. The van der Waals surface area contributed by atoms with Crippen molar-refractivity contribution in [2.24, 2.45) is 0 Å². The number of fused-ring (bicyclic) bond motifs is 1. The number of hydrogen-bond donors (Lipinski definition) is 1. The zero-order valence-corrected chi connectivity index (χ0v) is 12.5. The van der Waals surface area contributed by atoms with Gasteiger partial charge in [0.2, 0.25) is 5.91 Å². The number of aromatic nitrogens is 1. The van der Waals surface area contributed by atoms with Gasteiger partial charge in [-0.2, -0.15) is 0 Å². The third-order valence-electron chi connectivity index (χ3n) is 3.86. The number of benzene rings is 1. The second-order valence-corrected chi connectivity index (χ2v) is 5.62. The van der Waals surface area contributed by atoms with E-state index in [-0.39, 0.29) is 6.04 Å². The Morgan fingerprint density at radius 1 is 1.18 bits per heavy atom. The summed E-state index contributed by atoms with van der Waals surface area (Å²) >= 11 is 6.30. The smallest absolute Gasteiger partial charge is 0.312 e. The van der Waals surface area contributed by atoms with Crippen molar-refractivity contribution >= 4 is 23.5 Å². The summed E-state index contributed by atoms with van der Waals surface area (Å²) in [7, 11) is 0. The van der Waals surface area contributed by atoms with Crippen LogP contribution in [0.25, 0.3) is 0 Å². The number of halogens is 1. The second-order valence-electron chi connectivity index (χ2n) is 5.21. The van der Waals surface area contributed by atoms with Gasteiger partial charge in [-0.25, -0.2) is 0 Å². The Morgan fingerprint density at radius 3 is 2.68 bits per heavy atom. The standard InChI is InChI=1S/C16H15ClN2O3/c17-12-5-2-1-4-11(12)16-13-6-3-7-18(13)8-9-19(16)14(20)10-15(21)22/h1-7,16H,8-10H2,(H,21,22). The highest BCUT2D eigenvalue weighted by Gasteiger charge is 2.33. The maximum Gasteiger partial charge on any atom is 0.312 e. The highest BCUT2D eigenvalue weighted by Crippen LogP contribution is 2.36. The van der Waals surface area contributed by atoms with Crippen LogP contribution in [0.15, 0.2) is 42.6 Å². The minimum absolute atomic E-state index is 0.357. The molecular weight excluding hydrogens is 304 g/mol. The molecule has 1 aromatic carbocycles. The van der Waals surface area contributed by atoms with Gasteiger partial charge in [-0.15, -0.1) is 0 Å². The van der Waals surface area contributed by atoms with Gasteiger partial charge in [-0.3, -0.25) is 9.59 Å². The Kier molecular flexibility index (Phi) is 3.90. The lowest BCUT2D eigenvalue weighted by atomic mass is 9.99. The summed E-state index contributed by atoms with van der Waals surface area (Å²) < 4.78 is 2.07. The molecule has 1 N–H and O–H groups in total. The van der Waals surface area contributed by atoms with Gasteiger partial charge in [0.25, 0.3) is 0 Å². The maximum atomic E-state index is 12.3. The van der Waals surface area contributed by atoms with E-state index in [0.29, 0.717) is 18.1 Å². The molecule has 0 radical (unpaired) electrons. The fourth-order valence-electron chi connectivity index (χ4n) is 2.91. The highest BCUT2D eigenvalue weighted by molar-refractivity contribution is 6.31. The number of nitrogens with zero attached hydrogens (tertiary/aromatic N) is 2. The van der Waals surface area contributed by atoms with Crippen LogP contribution in [0.2, 0.25) is 5.02 Å². The Morgan fingerprint density at radius 2 is 1.95 bits per heavy atom. The fourth-order valence-corrected chi connectivity index (χ4v) is 3.15. The third-order valence-corrected chi connectivity index (χ3v) is 4.21. The lowest BCUT2D eigenvalue weighted by molar-refractivity contribution is -0.145. The summed E-state index contributed by atoms with van der Waals surface area (Å²) in [6, 6.07) is 10.8. The molecule has 2 heterocycles. The van der Waals surface area contributed by atoms with Crippen LogP contribution in [-0.4, -0.2) is 33.0 Å². The van der Waals surface area contributed by atoms with Crippen LogP contribution < -0.4 is 0 Å². The van der Waals surface area contributed by atoms with Crippen molar-refractivity contribution in [2.45, 2.75) is 19.0 Å². The molecule has 1 amide bonds. The van der Waals surface area contributed by atoms with Crippen LogP contribution >= 0.6 is 11.6 Å². The monoisotopic (exact) mass is 318 g/mol. The topological polar surface area (TPSA) is 62.5 Å². The summed E-state index contributed by atoms with van der Waals surface area (Å²) in [6.07, 6.45) is 1.44. The first-order valence-electron chi connectivity index (χ1n) is 6.98. The van der Waals surface area contributed by atoms with E-state index in [4.69, 9.17) is 16.7 Å². The van der Waals surface area contributed by atoms with E-state index in [0.717, 1.165) is 11.3 Å². The molecule has 0 bridgehead atoms. The molecule has 0 spiro atoms. The predicted molar refractivity (Wildman–Crippen MR) is 81.7 cm³/mol. The van der Waals surface area contributed by atoms with Crippen molar-refractivity contribution < 1.29 is 14.7 Å². The molecule has 0 fully saturated rings. The summed E-state index contributed by atoms with van der Waals surface area (Å²) in [5.41, 5.74) is 1.75. The molecule has 5 nitrogen and oxygen atoms in total. The first-order chi connectivity index (χ1) is 10.6. The van der Waals surface area contributed by atoms with E-state index in [1.807, 2.05) is 36.5 Å². The summed E-state index contributed by atoms with van der Waals surface area (Å²) in [5.74, 6) is -1.52. The van der Waals surface area contributed by atoms with Crippen LogP contribution in [0.4, 0.5) is 0 Å². The Bertz CT molecular complexity index is 726. The average Bonchev–Trinajstić information content (AvgIpc) is 2.94. The van der Waals surface area contributed by atoms with Crippen molar-refractivity contribution in [3.8, 4) is 0 Å². The van der Waals surface area contributed by atoms with Crippen LogP contribution in [0, 0.1) is 0 Å². The molecule has 1 aliphatic rings. The van der Waals surface area contributed by atoms with Gasteiger partial charge in [0.15, 0.2) is 0 Å². The SMILES string of the molecule is O=C(O)CC(=O)N1CCn2cccc2C1c1ccccc1Cl. The largest absolute Gasteiger partial charge is 0.481 e. The molecule has 1 aromatic heterocycles.